The van der Waals surface area contributed by atoms with Gasteiger partial charge in [-0.1, -0.05) is 18.9 Å². The lowest BCUT2D eigenvalue weighted by molar-refractivity contribution is -0.136. The Kier molecular flexibility index (Phi) is 6.06. The minimum atomic E-state index is -0.0648. The van der Waals surface area contributed by atoms with Crippen LogP contribution in [0.5, 0.6) is 5.75 Å². The summed E-state index contributed by atoms with van der Waals surface area (Å²) in [6.45, 7) is 2.75. The average molecular weight is 356 g/mol. The first-order chi connectivity index (χ1) is 10.1. The zero-order chi connectivity index (χ0) is 15.2. The minimum absolute atomic E-state index is 0.0121. The second kappa shape index (κ2) is 7.80. The Morgan fingerprint density at radius 2 is 2.24 bits per heavy atom. The summed E-state index contributed by atoms with van der Waals surface area (Å²) in [5, 5.41) is 9.45. The Balaban J connectivity index is 1.96. The first-order valence-corrected chi connectivity index (χ1v) is 8.20. The molecule has 2 rings (SSSR count). The Labute approximate surface area is 134 Å². The summed E-state index contributed by atoms with van der Waals surface area (Å²) in [5.41, 5.74) is 1.13. The third kappa shape index (κ3) is 4.45. The second-order valence-electron chi connectivity index (χ2n) is 5.50. The van der Waals surface area contributed by atoms with E-state index in [4.69, 9.17) is 4.74 Å². The molecule has 1 aromatic carbocycles. The highest BCUT2D eigenvalue weighted by atomic mass is 79.9. The molecular formula is C16H22BrNO3. The lowest BCUT2D eigenvalue weighted by Crippen LogP contribution is -2.44. The molecule has 0 saturated carbocycles. The average Bonchev–Trinajstić information content (AvgIpc) is 2.71. The van der Waals surface area contributed by atoms with Crippen LogP contribution in [0.1, 0.15) is 31.2 Å². The number of carbonyl (C=O) groups excluding carboxylic acids is 1. The number of rotatable bonds is 4. The molecule has 0 spiro atoms. The third-order valence-electron chi connectivity index (χ3n) is 3.85. The number of nitrogens with zero attached hydrogens (tertiary/aromatic N) is 1. The van der Waals surface area contributed by atoms with Gasteiger partial charge in [0.05, 0.1) is 17.1 Å². The Morgan fingerprint density at radius 3 is 2.95 bits per heavy atom. The fourth-order valence-electron chi connectivity index (χ4n) is 2.64. The molecule has 1 aromatic rings. The van der Waals surface area contributed by atoms with Crippen LogP contribution in [0.3, 0.4) is 0 Å². The van der Waals surface area contributed by atoms with Crippen LogP contribution in [-0.2, 0) is 4.79 Å². The molecule has 0 radical (unpaired) electrons. The molecule has 1 aliphatic heterocycles. The number of aliphatic hydroxyl groups is 1. The molecule has 1 saturated heterocycles. The van der Waals surface area contributed by atoms with E-state index in [1.165, 1.54) is 0 Å². The molecule has 1 atom stereocenters. The molecule has 1 aliphatic rings. The van der Waals surface area contributed by atoms with Crippen molar-refractivity contribution in [3.05, 3.63) is 28.2 Å². The standard InChI is InChI=1S/C16H22BrNO3/c1-12-6-7-15(14(17)9-12)21-11-16(20)18-8-4-2-3-5-13(18)10-19/h6-7,9,13,19H,2-5,8,10-11H2,1H3. The molecule has 116 valence electrons. The van der Waals surface area contributed by atoms with E-state index in [1.807, 2.05) is 25.1 Å². The predicted molar refractivity (Wildman–Crippen MR) is 85.4 cm³/mol. The molecule has 1 amide bonds. The maximum atomic E-state index is 12.3. The van der Waals surface area contributed by atoms with Gasteiger partial charge >= 0.3 is 0 Å². The maximum Gasteiger partial charge on any atom is 0.260 e. The molecule has 1 N–H and O–H groups in total. The van der Waals surface area contributed by atoms with Crippen LogP contribution < -0.4 is 4.74 Å². The second-order valence-corrected chi connectivity index (χ2v) is 6.35. The Bertz CT molecular complexity index is 492. The highest BCUT2D eigenvalue weighted by Crippen LogP contribution is 2.26. The summed E-state index contributed by atoms with van der Waals surface area (Å²) >= 11 is 3.44. The number of carbonyl (C=O) groups is 1. The van der Waals surface area contributed by atoms with E-state index in [0.717, 1.165) is 35.7 Å². The number of hydrogen-bond donors (Lipinski definition) is 1. The summed E-state index contributed by atoms with van der Waals surface area (Å²) < 4.78 is 6.47. The van der Waals surface area contributed by atoms with Crippen LogP contribution in [0.15, 0.2) is 22.7 Å². The van der Waals surface area contributed by atoms with Crippen LogP contribution in [0.2, 0.25) is 0 Å². The van der Waals surface area contributed by atoms with Crippen LogP contribution in [-0.4, -0.2) is 41.7 Å². The van der Waals surface area contributed by atoms with Crippen LogP contribution >= 0.6 is 15.9 Å². The van der Waals surface area contributed by atoms with Gasteiger partial charge in [-0.15, -0.1) is 0 Å². The Hall–Kier alpha value is -1.07. The molecule has 21 heavy (non-hydrogen) atoms. The maximum absolute atomic E-state index is 12.3. The van der Waals surface area contributed by atoms with Crippen molar-refractivity contribution in [3.8, 4) is 5.75 Å². The highest BCUT2D eigenvalue weighted by molar-refractivity contribution is 9.10. The van der Waals surface area contributed by atoms with Gasteiger partial charge in [-0.25, -0.2) is 0 Å². The fourth-order valence-corrected chi connectivity index (χ4v) is 3.25. The van der Waals surface area contributed by atoms with Crippen molar-refractivity contribution in [2.75, 3.05) is 19.8 Å². The van der Waals surface area contributed by atoms with Gasteiger partial charge in [-0.2, -0.15) is 0 Å². The predicted octanol–water partition coefficient (Wildman–Crippen LogP) is 2.90. The SMILES string of the molecule is Cc1ccc(OCC(=O)N2CCCCCC2CO)c(Br)c1. The summed E-state index contributed by atoms with van der Waals surface area (Å²) in [5.74, 6) is 0.618. The normalized spacial score (nSPS) is 19.2. The van der Waals surface area contributed by atoms with E-state index in [2.05, 4.69) is 15.9 Å². The van der Waals surface area contributed by atoms with Crippen molar-refractivity contribution < 1.29 is 14.6 Å². The van der Waals surface area contributed by atoms with E-state index in [-0.39, 0.29) is 25.2 Å². The van der Waals surface area contributed by atoms with E-state index in [1.54, 1.807) is 4.90 Å². The lowest BCUT2D eigenvalue weighted by atomic mass is 10.1. The number of aliphatic hydroxyl groups excluding tert-OH is 1. The van der Waals surface area contributed by atoms with Gasteiger partial charge < -0.3 is 14.7 Å². The van der Waals surface area contributed by atoms with E-state index < -0.39 is 0 Å². The molecule has 4 nitrogen and oxygen atoms in total. The van der Waals surface area contributed by atoms with Crippen molar-refractivity contribution >= 4 is 21.8 Å². The van der Waals surface area contributed by atoms with Gasteiger partial charge in [0.1, 0.15) is 5.75 Å². The number of hydrogen-bond acceptors (Lipinski definition) is 3. The molecular weight excluding hydrogens is 334 g/mol. The first-order valence-electron chi connectivity index (χ1n) is 7.41. The van der Waals surface area contributed by atoms with E-state index >= 15 is 0 Å². The largest absolute Gasteiger partial charge is 0.483 e. The fraction of sp³-hybridized carbons (Fsp3) is 0.562. The Morgan fingerprint density at radius 1 is 1.43 bits per heavy atom. The number of aryl methyl sites for hydroxylation is 1. The van der Waals surface area contributed by atoms with Crippen molar-refractivity contribution in [1.82, 2.24) is 4.90 Å². The van der Waals surface area contributed by atoms with Crippen LogP contribution in [0, 0.1) is 6.92 Å². The summed E-state index contributed by atoms with van der Waals surface area (Å²) in [4.78, 5) is 14.1. The van der Waals surface area contributed by atoms with Crippen molar-refractivity contribution in [2.24, 2.45) is 0 Å². The number of amides is 1. The highest BCUT2D eigenvalue weighted by Gasteiger charge is 2.25. The molecule has 0 aliphatic carbocycles. The molecule has 1 heterocycles. The smallest absolute Gasteiger partial charge is 0.260 e. The molecule has 0 aromatic heterocycles. The van der Waals surface area contributed by atoms with Gasteiger partial charge in [0.2, 0.25) is 0 Å². The zero-order valence-electron chi connectivity index (χ0n) is 12.3. The summed E-state index contributed by atoms with van der Waals surface area (Å²) in [7, 11) is 0. The topological polar surface area (TPSA) is 49.8 Å². The van der Waals surface area contributed by atoms with Crippen LogP contribution in [0.4, 0.5) is 0 Å². The summed E-state index contributed by atoms with van der Waals surface area (Å²) in [6.07, 6.45) is 4.05. The van der Waals surface area contributed by atoms with Gasteiger partial charge in [-0.3, -0.25) is 4.79 Å². The van der Waals surface area contributed by atoms with Crippen molar-refractivity contribution in [1.29, 1.82) is 0 Å². The summed E-state index contributed by atoms with van der Waals surface area (Å²) in [6, 6.07) is 5.71. The first kappa shape index (κ1) is 16.3. The number of benzene rings is 1. The van der Waals surface area contributed by atoms with Gasteiger partial charge in [0, 0.05) is 6.54 Å². The van der Waals surface area contributed by atoms with Gasteiger partial charge in [0.25, 0.3) is 5.91 Å². The number of ether oxygens (including phenoxy) is 1. The number of likely N-dealkylation sites (tertiary alicyclic amines) is 1. The van der Waals surface area contributed by atoms with E-state index in [0.29, 0.717) is 12.3 Å². The quantitative estimate of drug-likeness (QED) is 0.903. The van der Waals surface area contributed by atoms with Crippen molar-refractivity contribution in [2.45, 2.75) is 38.6 Å². The third-order valence-corrected chi connectivity index (χ3v) is 4.47. The monoisotopic (exact) mass is 355 g/mol. The van der Waals surface area contributed by atoms with Gasteiger partial charge in [0.15, 0.2) is 6.61 Å². The zero-order valence-corrected chi connectivity index (χ0v) is 13.9. The van der Waals surface area contributed by atoms with E-state index in [9.17, 15) is 9.90 Å². The molecule has 5 heteroatoms. The molecule has 0 bridgehead atoms. The van der Waals surface area contributed by atoms with Crippen LogP contribution in [0.25, 0.3) is 0 Å². The molecule has 1 unspecified atom stereocenters. The lowest BCUT2D eigenvalue weighted by Gasteiger charge is -2.28. The van der Waals surface area contributed by atoms with Crippen molar-refractivity contribution in [3.63, 3.8) is 0 Å². The molecule has 1 fully saturated rings. The minimum Gasteiger partial charge on any atom is -0.483 e. The van der Waals surface area contributed by atoms with Gasteiger partial charge in [-0.05, 0) is 53.4 Å². The number of halogens is 1.